The van der Waals surface area contributed by atoms with Crippen LogP contribution >= 0.6 is 7.82 Å². The maximum atomic E-state index is 14.8. The number of aliphatic hydroxyl groups is 1. The van der Waals surface area contributed by atoms with E-state index in [4.69, 9.17) is 28.2 Å². The fourth-order valence-corrected chi connectivity index (χ4v) is 15.9. The van der Waals surface area contributed by atoms with E-state index in [0.29, 0.717) is 51.4 Å². The third-order valence-corrected chi connectivity index (χ3v) is 22.4. The molecule has 3 unspecified atom stereocenters. The van der Waals surface area contributed by atoms with Crippen LogP contribution in [0.2, 0.25) is 0 Å². The molecule has 113 heavy (non-hydrogen) atoms. The number of aryl methyl sites for hydroxylation is 3. The molecular formula is C93H154N3O16P. The molecule has 1 aliphatic heterocycles. The highest BCUT2D eigenvalue weighted by molar-refractivity contribution is 7.46. The zero-order valence-corrected chi connectivity index (χ0v) is 71.3. The highest BCUT2D eigenvalue weighted by atomic mass is 31.2. The average molecular weight is 1600 g/mol. The number of hydrogen-bond acceptors (Lipinski definition) is 14. The number of carbonyl (C=O) groups excluding carboxylic acids is 6. The Morgan fingerprint density at radius 2 is 0.708 bits per heavy atom. The molecule has 642 valence electrons. The van der Waals surface area contributed by atoms with Gasteiger partial charge in [-0.2, -0.15) is 0 Å². The third kappa shape index (κ3) is 53.4. The van der Waals surface area contributed by atoms with Crippen molar-refractivity contribution >= 4 is 43.5 Å². The van der Waals surface area contributed by atoms with Crippen LogP contribution in [0.25, 0.3) is 0 Å². The summed E-state index contributed by atoms with van der Waals surface area (Å²) in [5.41, 5.74) is 3.92. The van der Waals surface area contributed by atoms with Crippen LogP contribution in [0.15, 0.2) is 91.0 Å². The van der Waals surface area contributed by atoms with Gasteiger partial charge in [0.1, 0.15) is 30.5 Å². The third-order valence-electron chi connectivity index (χ3n) is 21.8. The molecule has 8 atom stereocenters. The first-order chi connectivity index (χ1) is 55.1. The molecule has 0 saturated carbocycles. The number of rotatable bonds is 72. The molecule has 4 rings (SSSR count). The molecule has 19 nitrogen and oxygen atoms in total. The summed E-state index contributed by atoms with van der Waals surface area (Å²) < 4.78 is 49.7. The maximum absolute atomic E-state index is 14.8. The number of amides is 3. The number of aliphatic hydroxyl groups excluding tert-OH is 1. The van der Waals surface area contributed by atoms with Gasteiger partial charge in [-0.05, 0) is 119 Å². The Balaban J connectivity index is 1.56. The van der Waals surface area contributed by atoms with Crippen molar-refractivity contribution in [2.75, 3.05) is 19.8 Å². The molecule has 1 aliphatic rings. The van der Waals surface area contributed by atoms with Gasteiger partial charge in [-0.15, -0.1) is 0 Å². The molecule has 0 aliphatic carbocycles. The summed E-state index contributed by atoms with van der Waals surface area (Å²) in [5.74, 6) is -2.71. The Kier molecular flexibility index (Phi) is 58.7. The van der Waals surface area contributed by atoms with Crippen molar-refractivity contribution in [2.45, 2.75) is 423 Å². The van der Waals surface area contributed by atoms with Crippen molar-refractivity contribution < 1.29 is 76.4 Å². The Morgan fingerprint density at radius 1 is 0.407 bits per heavy atom. The van der Waals surface area contributed by atoms with Crippen molar-refractivity contribution in [1.29, 1.82) is 0 Å². The van der Waals surface area contributed by atoms with Crippen LogP contribution in [0, 0.1) is 0 Å². The fourth-order valence-electron chi connectivity index (χ4n) is 15.3. The number of ether oxygens (including phenoxy) is 5. The van der Waals surface area contributed by atoms with Crippen LogP contribution in [0.3, 0.4) is 0 Å². The summed E-state index contributed by atoms with van der Waals surface area (Å²) in [5, 5.41) is 20.0. The van der Waals surface area contributed by atoms with Crippen LogP contribution in [0.1, 0.15) is 371 Å². The first-order valence-electron chi connectivity index (χ1n) is 45.2. The highest BCUT2D eigenvalue weighted by Crippen LogP contribution is 2.41. The Bertz CT molecular complexity index is 2910. The molecule has 3 aromatic carbocycles. The highest BCUT2D eigenvalue weighted by Gasteiger charge is 2.46. The summed E-state index contributed by atoms with van der Waals surface area (Å²) in [4.78, 5) is 105. The predicted octanol–water partition coefficient (Wildman–Crippen LogP) is 21.1. The van der Waals surface area contributed by atoms with Gasteiger partial charge in [0.2, 0.25) is 17.7 Å². The molecule has 1 saturated heterocycles. The van der Waals surface area contributed by atoms with E-state index in [-0.39, 0.29) is 70.0 Å². The number of unbranched alkanes of at least 4 members (excludes halogenated alkanes) is 36. The number of carbonyl (C=O) groups is 6. The van der Waals surface area contributed by atoms with Crippen molar-refractivity contribution in [1.82, 2.24) is 16.0 Å². The molecule has 3 amide bonds. The molecule has 1 heterocycles. The van der Waals surface area contributed by atoms with Crippen LogP contribution in [0.5, 0.6) is 0 Å². The van der Waals surface area contributed by atoms with E-state index in [2.05, 4.69) is 97.4 Å². The topological polar surface area (TPSA) is 272 Å². The van der Waals surface area contributed by atoms with Gasteiger partial charge < -0.3 is 54.5 Å². The van der Waals surface area contributed by atoms with Gasteiger partial charge in [-0.25, -0.2) is 4.57 Å². The van der Waals surface area contributed by atoms with Gasteiger partial charge in [0, 0.05) is 25.8 Å². The van der Waals surface area contributed by atoms with Crippen molar-refractivity contribution in [2.24, 2.45) is 0 Å². The van der Waals surface area contributed by atoms with Crippen molar-refractivity contribution in [3.05, 3.63) is 108 Å². The summed E-state index contributed by atoms with van der Waals surface area (Å²) >= 11 is 0. The lowest BCUT2D eigenvalue weighted by atomic mass is 9.98. The Hall–Kier alpha value is -5.53. The number of phosphoric ester groups is 1. The lowest BCUT2D eigenvalue weighted by molar-refractivity contribution is -0.200. The predicted molar refractivity (Wildman–Crippen MR) is 453 cm³/mol. The van der Waals surface area contributed by atoms with E-state index in [1.165, 1.54) is 100 Å². The lowest BCUT2D eigenvalue weighted by Gasteiger charge is -2.31. The standard InChI is InChI=1S/C93H154N3O16P/c1-4-7-10-13-16-19-22-31-49-64-80(108-89(101)67-52-34-25-28-40-55-77-58-43-37-44-59-77)72-86(98)94-70-71-107-93-84(96-88(100)74-82(66-51-33-24-21-18-15-12-9-6-3)110-91(103)69-54-36-27-30-42-57-79-62-47-39-48-63-79)75-83(92(85(76-97)111-93)112-113(104,105)106)95-87(99)73-81(65-50-32-23-20-17-14-11-8-5-2)109-90(102)68-53-35-26-29-41-56-78-60-45-38-46-61-78/h37-39,43-48,58-63,80-85,92-93,97H,4-36,40-42,49-57,64-76H2,1-3H3,(H,94,98)(H,95,99)(H,96,100)(H2,104,105,106)/t80-,81-,82-,83?,84?,85?,92+,93-/m1/s1. The monoisotopic (exact) mass is 1600 g/mol. The van der Waals surface area contributed by atoms with Crippen LogP contribution in [-0.2, 0) is 80.8 Å². The molecule has 6 N–H and O–H groups in total. The first-order valence-corrected chi connectivity index (χ1v) is 46.8. The molecule has 3 aromatic rings. The summed E-state index contributed by atoms with van der Waals surface area (Å²) in [6.07, 6.45) is 40.0. The van der Waals surface area contributed by atoms with Crippen LogP contribution in [-0.4, -0.2) is 119 Å². The first kappa shape index (κ1) is 99.8. The second kappa shape index (κ2) is 66.5. The zero-order valence-electron chi connectivity index (χ0n) is 70.4. The van der Waals surface area contributed by atoms with E-state index in [9.17, 15) is 48.2 Å². The number of nitrogens with one attached hydrogen (secondary N) is 3. The lowest BCUT2D eigenvalue weighted by Crippen LogP contribution is -2.52. The molecule has 0 radical (unpaired) electrons. The summed E-state index contributed by atoms with van der Waals surface area (Å²) in [6.45, 7) is 5.44. The summed E-state index contributed by atoms with van der Waals surface area (Å²) in [6, 6.07) is 28.6. The van der Waals surface area contributed by atoms with Gasteiger partial charge in [0.15, 0.2) is 6.29 Å². The van der Waals surface area contributed by atoms with Gasteiger partial charge in [-0.1, -0.05) is 324 Å². The number of esters is 3. The quantitative estimate of drug-likeness (QED) is 0.0133. The molecule has 0 spiro atoms. The van der Waals surface area contributed by atoms with E-state index >= 15 is 0 Å². The van der Waals surface area contributed by atoms with E-state index in [1.54, 1.807) is 0 Å². The number of benzene rings is 3. The van der Waals surface area contributed by atoms with Gasteiger partial charge in [0.25, 0.3) is 0 Å². The van der Waals surface area contributed by atoms with E-state index in [0.717, 1.165) is 173 Å². The molecule has 0 bridgehead atoms. The van der Waals surface area contributed by atoms with Crippen molar-refractivity contribution in [3.63, 3.8) is 0 Å². The number of phosphoric acid groups is 1. The van der Waals surface area contributed by atoms with Gasteiger partial charge in [0.05, 0.1) is 44.6 Å². The molecule has 0 aromatic heterocycles. The number of hydrogen-bond donors (Lipinski definition) is 6. The minimum Gasteiger partial charge on any atom is -0.462 e. The van der Waals surface area contributed by atoms with Gasteiger partial charge >= 0.3 is 25.7 Å². The largest absolute Gasteiger partial charge is 0.470 e. The SMILES string of the molecule is CCCCCCCCCCC[C@H](CC(=O)NCCO[C@@H]1OC(CO)[C@@H](OP(=O)(O)O)C(NC(=O)C[C@@H](CCCCCCCCCCC)OC(=O)CCCCCCCc2ccccc2)CC1NC(=O)C[C@@H](CCCCCCCCCCC)OC(=O)CCCCCCCc1ccccc1)OC(=O)CCCCCCCc1ccccc1. The Labute approximate surface area is 682 Å². The molecule has 1 fully saturated rings. The van der Waals surface area contributed by atoms with Gasteiger partial charge in [-0.3, -0.25) is 33.3 Å². The van der Waals surface area contributed by atoms with Crippen LogP contribution in [0.4, 0.5) is 0 Å². The minimum atomic E-state index is -5.41. The van der Waals surface area contributed by atoms with Crippen LogP contribution < -0.4 is 16.0 Å². The van der Waals surface area contributed by atoms with Crippen molar-refractivity contribution in [3.8, 4) is 0 Å². The minimum absolute atomic E-state index is 0.0764. The van der Waals surface area contributed by atoms with E-state index in [1.807, 2.05) is 30.3 Å². The normalized spacial score (nSPS) is 16.5. The second-order valence-corrected chi connectivity index (χ2v) is 33.3. The second-order valence-electron chi connectivity index (χ2n) is 32.1. The average Bonchev–Trinajstić information content (AvgIpc) is 1.68. The summed E-state index contributed by atoms with van der Waals surface area (Å²) in [7, 11) is -5.41. The van der Waals surface area contributed by atoms with E-state index < -0.39 is 87.1 Å². The Morgan fingerprint density at radius 3 is 1.04 bits per heavy atom. The molecule has 20 heteroatoms. The molecular weight excluding hydrogens is 1450 g/mol. The zero-order chi connectivity index (χ0) is 81.3. The smallest absolute Gasteiger partial charge is 0.462 e. The fraction of sp³-hybridized carbons (Fsp3) is 0.742. The maximum Gasteiger partial charge on any atom is 0.470 e.